The highest BCUT2D eigenvalue weighted by Gasteiger charge is 2.10. The number of hydrogen-bond acceptors (Lipinski definition) is 3. The Labute approximate surface area is 119 Å². The molecule has 1 aromatic heterocycles. The van der Waals surface area contributed by atoms with Crippen LogP contribution >= 0.6 is 15.9 Å². The van der Waals surface area contributed by atoms with Crippen LogP contribution in [0, 0.1) is 0 Å². The van der Waals surface area contributed by atoms with Crippen molar-refractivity contribution in [3.05, 3.63) is 41.0 Å². The number of amides is 1. The van der Waals surface area contributed by atoms with Gasteiger partial charge in [-0.15, -0.1) is 5.10 Å². The van der Waals surface area contributed by atoms with Crippen LogP contribution < -0.4 is 10.1 Å². The predicted octanol–water partition coefficient (Wildman–Crippen LogP) is 2.15. The second-order valence-electron chi connectivity index (χ2n) is 3.80. The lowest BCUT2D eigenvalue weighted by atomic mass is 10.3. The molecule has 6 heteroatoms. The molecule has 0 unspecified atom stereocenters. The van der Waals surface area contributed by atoms with Crippen molar-refractivity contribution in [2.24, 2.45) is 0 Å². The number of ether oxygens (including phenoxy) is 1. The zero-order valence-electron chi connectivity index (χ0n) is 10.5. The smallest absolute Gasteiger partial charge is 0.257 e. The van der Waals surface area contributed by atoms with Crippen molar-refractivity contribution in [1.29, 1.82) is 0 Å². The third kappa shape index (κ3) is 3.57. The molecule has 100 valence electrons. The standard InChI is InChI=1S/C13H14BrN3O2/c1-2-15-12(18)9-19-13-11(14)8-17(16-13)10-6-4-3-5-7-10/h3-8H,2,9H2,1H3,(H,15,18). The van der Waals surface area contributed by atoms with E-state index in [2.05, 4.69) is 26.3 Å². The van der Waals surface area contributed by atoms with Crippen LogP contribution in [0.5, 0.6) is 5.88 Å². The summed E-state index contributed by atoms with van der Waals surface area (Å²) in [5.41, 5.74) is 0.927. The van der Waals surface area contributed by atoms with Crippen LogP contribution in [-0.4, -0.2) is 28.8 Å². The van der Waals surface area contributed by atoms with Gasteiger partial charge in [-0.25, -0.2) is 4.68 Å². The van der Waals surface area contributed by atoms with Crippen LogP contribution in [0.2, 0.25) is 0 Å². The molecule has 0 aliphatic heterocycles. The molecule has 0 saturated carbocycles. The molecule has 1 amide bonds. The van der Waals surface area contributed by atoms with Crippen LogP contribution in [0.3, 0.4) is 0 Å². The summed E-state index contributed by atoms with van der Waals surface area (Å²) in [5.74, 6) is 0.235. The van der Waals surface area contributed by atoms with E-state index >= 15 is 0 Å². The number of nitrogens with one attached hydrogen (secondary N) is 1. The van der Waals surface area contributed by atoms with E-state index in [4.69, 9.17) is 4.74 Å². The molecule has 5 nitrogen and oxygen atoms in total. The molecule has 19 heavy (non-hydrogen) atoms. The Kier molecular flexibility index (Phi) is 4.57. The van der Waals surface area contributed by atoms with Gasteiger partial charge in [0.2, 0.25) is 5.88 Å². The van der Waals surface area contributed by atoms with Crippen molar-refractivity contribution in [2.45, 2.75) is 6.92 Å². The van der Waals surface area contributed by atoms with E-state index in [1.54, 1.807) is 10.9 Å². The molecule has 1 aromatic carbocycles. The minimum atomic E-state index is -0.163. The van der Waals surface area contributed by atoms with Gasteiger partial charge < -0.3 is 10.1 Å². The van der Waals surface area contributed by atoms with Gasteiger partial charge in [0.1, 0.15) is 0 Å². The highest BCUT2D eigenvalue weighted by Crippen LogP contribution is 2.24. The Morgan fingerprint density at radius 1 is 1.42 bits per heavy atom. The third-order valence-corrected chi connectivity index (χ3v) is 2.92. The molecule has 0 bridgehead atoms. The zero-order chi connectivity index (χ0) is 13.7. The first-order valence-corrected chi connectivity index (χ1v) is 6.70. The minimum Gasteiger partial charge on any atom is -0.466 e. The van der Waals surface area contributed by atoms with Gasteiger partial charge in [-0.3, -0.25) is 4.79 Å². The van der Waals surface area contributed by atoms with E-state index in [1.165, 1.54) is 0 Å². The molecular formula is C13H14BrN3O2. The van der Waals surface area contributed by atoms with Crippen molar-refractivity contribution >= 4 is 21.8 Å². The quantitative estimate of drug-likeness (QED) is 0.917. The summed E-state index contributed by atoms with van der Waals surface area (Å²) in [4.78, 5) is 11.3. The number of rotatable bonds is 5. The van der Waals surface area contributed by atoms with Gasteiger partial charge >= 0.3 is 0 Å². The minimum absolute atomic E-state index is 0.0434. The molecular weight excluding hydrogens is 310 g/mol. The average Bonchev–Trinajstić information content (AvgIpc) is 2.79. The number of halogens is 1. The van der Waals surface area contributed by atoms with Crippen LogP contribution in [0.1, 0.15) is 6.92 Å². The molecule has 0 aliphatic carbocycles. The van der Waals surface area contributed by atoms with Gasteiger partial charge in [-0.05, 0) is 35.0 Å². The van der Waals surface area contributed by atoms with Crippen molar-refractivity contribution in [1.82, 2.24) is 15.1 Å². The van der Waals surface area contributed by atoms with E-state index in [0.29, 0.717) is 16.9 Å². The van der Waals surface area contributed by atoms with Crippen molar-refractivity contribution < 1.29 is 9.53 Å². The van der Waals surface area contributed by atoms with Gasteiger partial charge in [-0.1, -0.05) is 18.2 Å². The largest absolute Gasteiger partial charge is 0.466 e. The lowest BCUT2D eigenvalue weighted by Gasteiger charge is -2.03. The molecule has 1 N–H and O–H groups in total. The lowest BCUT2D eigenvalue weighted by molar-refractivity contribution is -0.123. The summed E-state index contributed by atoms with van der Waals surface area (Å²) in [6.07, 6.45) is 1.79. The SMILES string of the molecule is CCNC(=O)COc1nn(-c2ccccc2)cc1Br. The second kappa shape index (κ2) is 6.38. The van der Waals surface area contributed by atoms with Crippen LogP contribution in [-0.2, 0) is 4.79 Å². The van der Waals surface area contributed by atoms with Crippen LogP contribution in [0.15, 0.2) is 41.0 Å². The number of carbonyl (C=O) groups excluding carboxylic acids is 1. The number of nitrogens with zero attached hydrogens (tertiary/aromatic N) is 2. The van der Waals surface area contributed by atoms with Crippen molar-refractivity contribution in [3.8, 4) is 11.6 Å². The van der Waals surface area contributed by atoms with Crippen LogP contribution in [0.4, 0.5) is 0 Å². The maximum atomic E-state index is 11.3. The zero-order valence-corrected chi connectivity index (χ0v) is 12.1. The highest BCUT2D eigenvalue weighted by atomic mass is 79.9. The summed E-state index contributed by atoms with van der Waals surface area (Å²) in [6, 6.07) is 9.68. The van der Waals surface area contributed by atoms with E-state index in [0.717, 1.165) is 5.69 Å². The fourth-order valence-electron chi connectivity index (χ4n) is 1.53. The fourth-order valence-corrected chi connectivity index (χ4v) is 1.92. The molecule has 1 heterocycles. The Morgan fingerprint density at radius 3 is 2.84 bits per heavy atom. The predicted molar refractivity (Wildman–Crippen MR) is 75.4 cm³/mol. The first-order valence-electron chi connectivity index (χ1n) is 5.90. The number of likely N-dealkylation sites (N-methyl/N-ethyl adjacent to an activating group) is 1. The van der Waals surface area contributed by atoms with Gasteiger partial charge in [0, 0.05) is 12.7 Å². The average molecular weight is 324 g/mol. The number of benzene rings is 1. The molecule has 0 saturated heterocycles. The summed E-state index contributed by atoms with van der Waals surface area (Å²) in [5, 5.41) is 6.94. The Morgan fingerprint density at radius 2 is 2.16 bits per heavy atom. The number of aromatic nitrogens is 2. The topological polar surface area (TPSA) is 56.1 Å². The number of carbonyl (C=O) groups is 1. The lowest BCUT2D eigenvalue weighted by Crippen LogP contribution is -2.28. The van der Waals surface area contributed by atoms with Crippen molar-refractivity contribution in [3.63, 3.8) is 0 Å². The molecule has 0 atom stereocenters. The molecule has 0 fully saturated rings. The Bertz CT molecular complexity index is 554. The maximum Gasteiger partial charge on any atom is 0.257 e. The maximum absolute atomic E-state index is 11.3. The Hall–Kier alpha value is -1.82. The van der Waals surface area contributed by atoms with Crippen molar-refractivity contribution in [2.75, 3.05) is 13.2 Å². The highest BCUT2D eigenvalue weighted by molar-refractivity contribution is 9.10. The van der Waals surface area contributed by atoms with Gasteiger partial charge in [-0.2, -0.15) is 0 Å². The number of para-hydroxylation sites is 1. The molecule has 0 spiro atoms. The Balaban J connectivity index is 2.07. The molecule has 0 aliphatic rings. The van der Waals surface area contributed by atoms with E-state index in [1.807, 2.05) is 37.3 Å². The molecule has 2 aromatic rings. The summed E-state index contributed by atoms with van der Waals surface area (Å²) >= 11 is 3.36. The summed E-state index contributed by atoms with van der Waals surface area (Å²) < 4.78 is 7.76. The molecule has 0 radical (unpaired) electrons. The van der Waals surface area contributed by atoms with Crippen LogP contribution in [0.25, 0.3) is 5.69 Å². The van der Waals surface area contributed by atoms with E-state index < -0.39 is 0 Å². The first kappa shape index (κ1) is 13.6. The van der Waals surface area contributed by atoms with Gasteiger partial charge in [0.15, 0.2) is 6.61 Å². The summed E-state index contributed by atoms with van der Waals surface area (Å²) in [7, 11) is 0. The van der Waals surface area contributed by atoms with Gasteiger partial charge in [0.25, 0.3) is 5.91 Å². The summed E-state index contributed by atoms with van der Waals surface area (Å²) in [6.45, 7) is 2.40. The molecule has 2 rings (SSSR count). The second-order valence-corrected chi connectivity index (χ2v) is 4.66. The first-order chi connectivity index (χ1) is 9.20. The number of hydrogen-bond donors (Lipinski definition) is 1. The van der Waals surface area contributed by atoms with E-state index in [9.17, 15) is 4.79 Å². The third-order valence-electron chi connectivity index (χ3n) is 2.37. The normalized spacial score (nSPS) is 10.2. The monoisotopic (exact) mass is 323 g/mol. The van der Waals surface area contributed by atoms with E-state index in [-0.39, 0.29) is 12.5 Å². The van der Waals surface area contributed by atoms with Gasteiger partial charge in [0.05, 0.1) is 10.2 Å². The fraction of sp³-hybridized carbons (Fsp3) is 0.231.